The largest absolute Gasteiger partial charge is 0.489 e. The molecule has 1 aromatic rings. The quantitative estimate of drug-likeness (QED) is 0.422. The maximum Gasteiger partial charge on any atom is 0.242 e. The topological polar surface area (TPSA) is 73.4 Å². The lowest BCUT2D eigenvalue weighted by atomic mass is 9.82. The molecule has 2 fully saturated rings. The molecule has 8 heteroatoms. The van der Waals surface area contributed by atoms with Crippen LogP contribution in [0.2, 0.25) is 0 Å². The van der Waals surface area contributed by atoms with Gasteiger partial charge < -0.3 is 24.3 Å². The molecule has 0 spiro atoms. The van der Waals surface area contributed by atoms with Gasteiger partial charge in [-0.3, -0.25) is 14.4 Å². The first kappa shape index (κ1) is 28.1. The summed E-state index contributed by atoms with van der Waals surface area (Å²) in [7, 11) is 2.09. The van der Waals surface area contributed by atoms with E-state index in [9.17, 15) is 14.4 Å². The average molecular weight is 525 g/mol. The van der Waals surface area contributed by atoms with Crippen molar-refractivity contribution in [3.63, 3.8) is 0 Å². The average Bonchev–Trinajstić information content (AvgIpc) is 2.93. The van der Waals surface area contributed by atoms with Gasteiger partial charge in [0, 0.05) is 64.2 Å². The van der Waals surface area contributed by atoms with Crippen molar-refractivity contribution in [3.8, 4) is 5.75 Å². The summed E-state index contributed by atoms with van der Waals surface area (Å²) in [5.41, 5.74) is 0.908. The highest BCUT2D eigenvalue weighted by molar-refractivity contribution is 5.85. The number of benzene rings is 1. The van der Waals surface area contributed by atoms with Crippen molar-refractivity contribution < 1.29 is 19.1 Å². The SMILES string of the molecule is CCCCCC(=O)N1CC(=O)N2CC[C@@H](CC(=O)N3CCN(C)CC3)[C@@H](/C=C\COc3ccccc3C1)C2. The van der Waals surface area contributed by atoms with E-state index < -0.39 is 0 Å². The van der Waals surface area contributed by atoms with E-state index >= 15 is 0 Å². The Hall–Kier alpha value is -2.87. The second-order valence-electron chi connectivity index (χ2n) is 11.0. The second kappa shape index (κ2) is 13.8. The van der Waals surface area contributed by atoms with E-state index in [0.29, 0.717) is 39.1 Å². The maximum atomic E-state index is 13.5. The molecular formula is C30H44N4O4. The van der Waals surface area contributed by atoms with Gasteiger partial charge in [-0.05, 0) is 37.8 Å². The number of piperazine rings is 1. The number of likely N-dealkylation sites (N-methyl/N-ethyl adjacent to an activating group) is 1. The van der Waals surface area contributed by atoms with Gasteiger partial charge in [-0.1, -0.05) is 50.1 Å². The summed E-state index contributed by atoms with van der Waals surface area (Å²) in [5.74, 6) is 1.21. The van der Waals surface area contributed by atoms with Crippen molar-refractivity contribution in [2.75, 3.05) is 59.5 Å². The highest BCUT2D eigenvalue weighted by atomic mass is 16.5. The zero-order valence-corrected chi connectivity index (χ0v) is 23.1. The Labute approximate surface area is 227 Å². The van der Waals surface area contributed by atoms with Crippen LogP contribution in [0.1, 0.15) is 51.0 Å². The van der Waals surface area contributed by atoms with Gasteiger partial charge in [0.05, 0.1) is 0 Å². The normalized spacial score (nSPS) is 23.9. The Bertz CT molecular complexity index is 988. The third-order valence-electron chi connectivity index (χ3n) is 8.18. The molecule has 2 bridgehead atoms. The number of amides is 3. The number of carbonyl (C=O) groups is 3. The third kappa shape index (κ3) is 7.59. The molecule has 0 aliphatic carbocycles. The molecule has 3 aliphatic rings. The number of unbranched alkanes of at least 4 members (excludes halogenated alkanes) is 2. The maximum absolute atomic E-state index is 13.5. The second-order valence-corrected chi connectivity index (χ2v) is 11.0. The van der Waals surface area contributed by atoms with Crippen molar-refractivity contribution in [3.05, 3.63) is 42.0 Å². The lowest BCUT2D eigenvalue weighted by molar-refractivity contribution is -0.143. The van der Waals surface area contributed by atoms with Gasteiger partial charge in [-0.2, -0.15) is 0 Å². The monoisotopic (exact) mass is 524 g/mol. The molecule has 3 amide bonds. The number of hydrogen-bond acceptors (Lipinski definition) is 5. The van der Waals surface area contributed by atoms with Crippen LogP contribution >= 0.6 is 0 Å². The van der Waals surface area contributed by atoms with Gasteiger partial charge in [0.2, 0.25) is 17.7 Å². The minimum atomic E-state index is -0.0197. The fourth-order valence-electron chi connectivity index (χ4n) is 5.67. The summed E-state index contributed by atoms with van der Waals surface area (Å²) in [6, 6.07) is 7.76. The number of para-hydroxylation sites is 1. The van der Waals surface area contributed by atoms with Crippen LogP contribution in [-0.2, 0) is 20.9 Å². The first-order valence-corrected chi connectivity index (χ1v) is 14.3. The Morgan fingerprint density at radius 1 is 0.974 bits per heavy atom. The molecule has 3 heterocycles. The van der Waals surface area contributed by atoms with Crippen molar-refractivity contribution >= 4 is 17.7 Å². The van der Waals surface area contributed by atoms with Crippen LogP contribution in [-0.4, -0.2) is 96.8 Å². The highest BCUT2D eigenvalue weighted by Crippen LogP contribution is 2.30. The Morgan fingerprint density at radius 2 is 1.76 bits per heavy atom. The number of carbonyl (C=O) groups excluding carboxylic acids is 3. The fourth-order valence-corrected chi connectivity index (χ4v) is 5.67. The number of rotatable bonds is 6. The van der Waals surface area contributed by atoms with E-state index in [1.165, 1.54) is 0 Å². The van der Waals surface area contributed by atoms with E-state index in [0.717, 1.165) is 63.2 Å². The van der Waals surface area contributed by atoms with Crippen LogP contribution in [0.15, 0.2) is 36.4 Å². The van der Waals surface area contributed by atoms with E-state index in [1.807, 2.05) is 40.1 Å². The van der Waals surface area contributed by atoms with Crippen molar-refractivity contribution in [1.29, 1.82) is 0 Å². The first-order chi connectivity index (χ1) is 18.4. The molecule has 0 unspecified atom stereocenters. The lowest BCUT2D eigenvalue weighted by Gasteiger charge is -2.39. The summed E-state index contributed by atoms with van der Waals surface area (Å²) < 4.78 is 6.11. The van der Waals surface area contributed by atoms with Gasteiger partial charge in [0.25, 0.3) is 0 Å². The van der Waals surface area contributed by atoms with Crippen molar-refractivity contribution in [1.82, 2.24) is 19.6 Å². The number of piperidine rings is 1. The first-order valence-electron chi connectivity index (χ1n) is 14.3. The van der Waals surface area contributed by atoms with E-state index in [4.69, 9.17) is 4.74 Å². The Morgan fingerprint density at radius 3 is 2.55 bits per heavy atom. The molecular weight excluding hydrogens is 480 g/mol. The molecule has 0 saturated carbocycles. The molecule has 4 rings (SSSR count). The molecule has 2 saturated heterocycles. The van der Waals surface area contributed by atoms with E-state index in [1.54, 1.807) is 4.90 Å². The molecule has 38 heavy (non-hydrogen) atoms. The van der Waals surface area contributed by atoms with Crippen molar-refractivity contribution in [2.45, 2.75) is 52.0 Å². The molecule has 2 atom stereocenters. The molecule has 0 N–H and O–H groups in total. The smallest absolute Gasteiger partial charge is 0.242 e. The van der Waals surface area contributed by atoms with E-state index in [-0.39, 0.29) is 36.1 Å². The predicted molar refractivity (Wildman–Crippen MR) is 148 cm³/mol. The van der Waals surface area contributed by atoms with Crippen LogP contribution in [0.25, 0.3) is 0 Å². The predicted octanol–water partition coefficient (Wildman–Crippen LogP) is 3.17. The molecule has 208 valence electrons. The highest BCUT2D eigenvalue weighted by Gasteiger charge is 2.34. The number of nitrogens with zero attached hydrogens (tertiary/aromatic N) is 4. The van der Waals surface area contributed by atoms with Gasteiger partial charge in [-0.25, -0.2) is 0 Å². The minimum Gasteiger partial charge on any atom is -0.489 e. The zero-order chi connectivity index (χ0) is 26.9. The molecule has 3 aliphatic heterocycles. The molecule has 0 aromatic heterocycles. The van der Waals surface area contributed by atoms with Gasteiger partial charge in [0.1, 0.15) is 18.9 Å². The summed E-state index contributed by atoms with van der Waals surface area (Å²) in [6.07, 6.45) is 8.77. The number of fused-ring (bicyclic) bond motifs is 3. The summed E-state index contributed by atoms with van der Waals surface area (Å²) in [5, 5.41) is 0. The summed E-state index contributed by atoms with van der Waals surface area (Å²) in [6.45, 7) is 7.53. The lowest BCUT2D eigenvalue weighted by Crippen LogP contribution is -2.50. The van der Waals surface area contributed by atoms with Gasteiger partial charge in [-0.15, -0.1) is 0 Å². The molecule has 1 aromatic carbocycles. The fraction of sp³-hybridized carbons (Fsp3) is 0.633. The van der Waals surface area contributed by atoms with Crippen LogP contribution < -0.4 is 4.74 Å². The van der Waals surface area contributed by atoms with Crippen LogP contribution in [0, 0.1) is 11.8 Å². The van der Waals surface area contributed by atoms with Gasteiger partial charge >= 0.3 is 0 Å². The summed E-state index contributed by atoms with van der Waals surface area (Å²) in [4.78, 5) is 47.6. The third-order valence-corrected chi connectivity index (χ3v) is 8.18. The molecule has 8 nitrogen and oxygen atoms in total. The zero-order valence-electron chi connectivity index (χ0n) is 23.1. The van der Waals surface area contributed by atoms with Crippen LogP contribution in [0.5, 0.6) is 5.75 Å². The minimum absolute atomic E-state index is 0.0128. The summed E-state index contributed by atoms with van der Waals surface area (Å²) >= 11 is 0. The number of hydrogen-bond donors (Lipinski definition) is 0. The Kier molecular flexibility index (Phi) is 10.2. The van der Waals surface area contributed by atoms with Crippen LogP contribution in [0.4, 0.5) is 0 Å². The molecule has 0 radical (unpaired) electrons. The Balaban J connectivity index is 1.49. The van der Waals surface area contributed by atoms with Crippen LogP contribution in [0.3, 0.4) is 0 Å². The van der Waals surface area contributed by atoms with E-state index in [2.05, 4.69) is 24.9 Å². The number of ether oxygens (including phenoxy) is 1. The van der Waals surface area contributed by atoms with Gasteiger partial charge in [0.15, 0.2) is 0 Å². The standard InChI is InChI=1S/C30H44N4O4/c1-3-4-5-12-28(35)34-22-26-9-6-7-11-27(26)38-19-8-10-25-21-33(30(37)23-34)14-13-24(25)20-29(36)32-17-15-31(2)16-18-32/h6-11,24-25H,3-5,12-23H2,1-2H3/b10-8-/t24-,25-/m0/s1. The van der Waals surface area contributed by atoms with Crippen molar-refractivity contribution in [2.24, 2.45) is 11.8 Å².